The Labute approximate surface area is 230 Å². The second-order valence-electron chi connectivity index (χ2n) is 9.62. The van der Waals surface area contributed by atoms with Gasteiger partial charge in [-0.25, -0.2) is 8.42 Å². The molecule has 2 heterocycles. The van der Waals surface area contributed by atoms with Crippen molar-refractivity contribution in [2.45, 2.75) is 30.6 Å². The SMILES string of the molecule is COc1cc(C(O)Nc2cc(S(=O)(=O)N3CCOCC3)ccc2N2CCCC2)ccc1OCc1ccccc1. The van der Waals surface area contributed by atoms with Crippen LogP contribution >= 0.6 is 0 Å². The minimum absolute atomic E-state index is 0.185. The van der Waals surface area contributed by atoms with Gasteiger partial charge in [-0.2, -0.15) is 4.31 Å². The summed E-state index contributed by atoms with van der Waals surface area (Å²) in [6.45, 7) is 3.54. The third-order valence-corrected chi connectivity index (χ3v) is 8.95. The molecule has 0 saturated carbocycles. The van der Waals surface area contributed by atoms with Gasteiger partial charge < -0.3 is 29.5 Å². The molecule has 10 heteroatoms. The lowest BCUT2D eigenvalue weighted by atomic mass is 10.1. The number of hydrogen-bond donors (Lipinski definition) is 2. The van der Waals surface area contributed by atoms with Crippen molar-refractivity contribution in [1.82, 2.24) is 4.31 Å². The summed E-state index contributed by atoms with van der Waals surface area (Å²) in [5.74, 6) is 1.06. The van der Waals surface area contributed by atoms with Gasteiger partial charge in [0.1, 0.15) is 6.61 Å². The highest BCUT2D eigenvalue weighted by Crippen LogP contribution is 2.36. The highest BCUT2D eigenvalue weighted by molar-refractivity contribution is 7.89. The molecule has 3 aromatic carbocycles. The second-order valence-corrected chi connectivity index (χ2v) is 11.6. The van der Waals surface area contributed by atoms with Crippen molar-refractivity contribution in [2.75, 3.05) is 56.7 Å². The number of aliphatic hydroxyl groups excluding tert-OH is 1. The summed E-state index contributed by atoms with van der Waals surface area (Å²) < 4.78 is 45.0. The molecule has 3 aromatic rings. The Bertz CT molecular complexity index is 1360. The van der Waals surface area contributed by atoms with Gasteiger partial charge in [0.25, 0.3) is 0 Å². The molecule has 5 rings (SSSR count). The molecule has 0 amide bonds. The molecule has 2 saturated heterocycles. The molecule has 39 heavy (non-hydrogen) atoms. The molecule has 0 aliphatic carbocycles. The first kappa shape index (κ1) is 27.3. The van der Waals surface area contributed by atoms with Crippen LogP contribution in [0.2, 0.25) is 0 Å². The molecule has 2 aliphatic rings. The van der Waals surface area contributed by atoms with Crippen LogP contribution in [-0.2, 0) is 21.4 Å². The topological polar surface area (TPSA) is 101 Å². The first-order valence-corrected chi connectivity index (χ1v) is 14.7. The number of aliphatic hydroxyl groups is 1. The Balaban J connectivity index is 1.38. The van der Waals surface area contributed by atoms with Crippen molar-refractivity contribution in [2.24, 2.45) is 0 Å². The third-order valence-electron chi connectivity index (χ3n) is 7.06. The van der Waals surface area contributed by atoms with E-state index in [9.17, 15) is 13.5 Å². The number of ether oxygens (including phenoxy) is 3. The van der Waals surface area contributed by atoms with Crippen LogP contribution in [-0.4, -0.2) is 64.3 Å². The number of hydrogen-bond acceptors (Lipinski definition) is 8. The van der Waals surface area contributed by atoms with E-state index in [0.29, 0.717) is 55.7 Å². The van der Waals surface area contributed by atoms with Crippen molar-refractivity contribution in [3.05, 3.63) is 77.9 Å². The van der Waals surface area contributed by atoms with Gasteiger partial charge in [0, 0.05) is 31.7 Å². The second kappa shape index (κ2) is 12.3. The molecule has 1 atom stereocenters. The molecule has 2 fully saturated rings. The summed E-state index contributed by atoms with van der Waals surface area (Å²) >= 11 is 0. The summed E-state index contributed by atoms with van der Waals surface area (Å²) in [5, 5.41) is 14.4. The van der Waals surface area contributed by atoms with Gasteiger partial charge in [-0.1, -0.05) is 36.4 Å². The van der Waals surface area contributed by atoms with Gasteiger partial charge in [-0.3, -0.25) is 0 Å². The van der Waals surface area contributed by atoms with Gasteiger partial charge in [0.2, 0.25) is 10.0 Å². The summed E-state index contributed by atoms with van der Waals surface area (Å²) in [5.41, 5.74) is 3.02. The molecule has 0 bridgehead atoms. The van der Waals surface area contributed by atoms with Crippen molar-refractivity contribution < 1.29 is 27.7 Å². The average Bonchev–Trinajstić information content (AvgIpc) is 3.52. The fraction of sp³-hybridized carbons (Fsp3) is 0.379. The lowest BCUT2D eigenvalue weighted by Crippen LogP contribution is -2.40. The predicted octanol–water partition coefficient (Wildman–Crippen LogP) is 4.00. The van der Waals surface area contributed by atoms with E-state index in [1.807, 2.05) is 36.4 Å². The Morgan fingerprint density at radius 3 is 2.41 bits per heavy atom. The maximum atomic E-state index is 13.3. The molecule has 2 aliphatic heterocycles. The lowest BCUT2D eigenvalue weighted by Gasteiger charge is -2.28. The van der Waals surface area contributed by atoms with E-state index in [4.69, 9.17) is 14.2 Å². The van der Waals surface area contributed by atoms with E-state index in [1.165, 1.54) is 4.31 Å². The van der Waals surface area contributed by atoms with Crippen LogP contribution in [0.5, 0.6) is 11.5 Å². The summed E-state index contributed by atoms with van der Waals surface area (Å²) in [7, 11) is -2.14. The molecule has 208 valence electrons. The molecule has 2 N–H and O–H groups in total. The predicted molar refractivity (Wildman–Crippen MR) is 150 cm³/mol. The number of morpholine rings is 1. The summed E-state index contributed by atoms with van der Waals surface area (Å²) in [6.07, 6.45) is 1.03. The van der Waals surface area contributed by atoms with Crippen molar-refractivity contribution in [3.8, 4) is 11.5 Å². The van der Waals surface area contributed by atoms with E-state index in [2.05, 4.69) is 10.2 Å². The number of nitrogens with zero attached hydrogens (tertiary/aromatic N) is 2. The third kappa shape index (κ3) is 6.30. The Kier molecular flexibility index (Phi) is 8.56. The fourth-order valence-corrected chi connectivity index (χ4v) is 6.34. The largest absolute Gasteiger partial charge is 0.493 e. The first-order chi connectivity index (χ1) is 19.0. The van der Waals surface area contributed by atoms with Crippen LogP contribution in [0.15, 0.2) is 71.6 Å². The number of rotatable bonds is 10. The highest BCUT2D eigenvalue weighted by Gasteiger charge is 2.28. The number of benzene rings is 3. The average molecular weight is 554 g/mol. The quantitative estimate of drug-likeness (QED) is 0.364. The fourth-order valence-electron chi connectivity index (χ4n) is 4.90. The summed E-state index contributed by atoms with van der Waals surface area (Å²) in [4.78, 5) is 2.39. The van der Waals surface area contributed by atoms with Gasteiger partial charge in [-0.15, -0.1) is 0 Å². The van der Waals surface area contributed by atoms with Crippen LogP contribution in [0.3, 0.4) is 0 Å². The number of nitrogens with one attached hydrogen (secondary N) is 1. The monoisotopic (exact) mass is 553 g/mol. The van der Waals surface area contributed by atoms with E-state index in [0.717, 1.165) is 37.2 Å². The van der Waals surface area contributed by atoms with Crippen LogP contribution < -0.4 is 19.7 Å². The Morgan fingerprint density at radius 2 is 1.69 bits per heavy atom. The van der Waals surface area contributed by atoms with E-state index in [-0.39, 0.29) is 4.90 Å². The van der Waals surface area contributed by atoms with E-state index in [1.54, 1.807) is 37.4 Å². The zero-order valence-corrected chi connectivity index (χ0v) is 22.9. The Hall–Kier alpha value is -3.31. The van der Waals surface area contributed by atoms with Gasteiger partial charge in [0.15, 0.2) is 17.7 Å². The number of methoxy groups -OCH3 is 1. The van der Waals surface area contributed by atoms with E-state index < -0.39 is 16.3 Å². The molecule has 1 unspecified atom stereocenters. The molecular formula is C29H35N3O6S. The first-order valence-electron chi connectivity index (χ1n) is 13.2. The lowest BCUT2D eigenvalue weighted by molar-refractivity contribution is 0.0730. The highest BCUT2D eigenvalue weighted by atomic mass is 32.2. The van der Waals surface area contributed by atoms with Crippen LogP contribution in [0.4, 0.5) is 11.4 Å². The molecule has 0 spiro atoms. The van der Waals surface area contributed by atoms with Crippen LogP contribution in [0.25, 0.3) is 0 Å². The zero-order valence-electron chi connectivity index (χ0n) is 22.1. The van der Waals surface area contributed by atoms with Crippen molar-refractivity contribution in [1.29, 1.82) is 0 Å². The standard InChI is InChI=1S/C29H35N3O6S/c1-36-28-19-23(9-12-27(28)38-21-22-7-3-2-4-8-22)29(33)30-25-20-24(10-11-26(25)31-13-5-6-14-31)39(34,35)32-15-17-37-18-16-32/h2-4,7-12,19-20,29-30,33H,5-6,13-18,21H2,1H3. The van der Waals surface area contributed by atoms with Crippen LogP contribution in [0.1, 0.15) is 30.2 Å². The molecule has 0 radical (unpaired) electrons. The maximum absolute atomic E-state index is 13.3. The molecule has 0 aromatic heterocycles. The van der Waals surface area contributed by atoms with Gasteiger partial charge in [0.05, 0.1) is 36.6 Å². The number of anilines is 2. The summed E-state index contributed by atoms with van der Waals surface area (Å²) in [6, 6.07) is 20.2. The molecule has 9 nitrogen and oxygen atoms in total. The van der Waals surface area contributed by atoms with Crippen molar-refractivity contribution >= 4 is 21.4 Å². The van der Waals surface area contributed by atoms with Gasteiger partial charge in [-0.05, 0) is 48.7 Å². The van der Waals surface area contributed by atoms with Crippen molar-refractivity contribution in [3.63, 3.8) is 0 Å². The minimum atomic E-state index is -3.69. The normalized spacial score (nSPS) is 17.1. The smallest absolute Gasteiger partial charge is 0.243 e. The Morgan fingerprint density at radius 1 is 0.949 bits per heavy atom. The molecular weight excluding hydrogens is 518 g/mol. The number of sulfonamides is 1. The van der Waals surface area contributed by atoms with Gasteiger partial charge >= 0.3 is 0 Å². The zero-order chi connectivity index (χ0) is 27.2. The van der Waals surface area contributed by atoms with Crippen LogP contribution in [0, 0.1) is 0 Å². The van der Waals surface area contributed by atoms with E-state index >= 15 is 0 Å². The minimum Gasteiger partial charge on any atom is -0.493 e. The maximum Gasteiger partial charge on any atom is 0.243 e.